The molecule has 4 aliphatic rings. The van der Waals surface area contributed by atoms with E-state index in [9.17, 15) is 21.6 Å². The lowest BCUT2D eigenvalue weighted by molar-refractivity contribution is 0.256. The second kappa shape index (κ2) is 9.86. The lowest BCUT2D eigenvalue weighted by Crippen LogP contribution is -2.42. The standard InChI is InChI=1S/C25H35N3O5S2/c29-25(26-24-22-12-4-7-18(22)17-19-8-5-13-23(19)24)27-34(30,31)16-14-20-9-6-15-28(20)35(32,33)21-10-2-1-3-11-21/h14,16-17,20-21H,1-13,15H2,(H2,26,27,29)/b16-14+. The molecule has 35 heavy (non-hydrogen) atoms. The number of hydrogen-bond donors (Lipinski definition) is 2. The van der Waals surface area contributed by atoms with Crippen LogP contribution in [0.25, 0.3) is 0 Å². The fourth-order valence-corrected chi connectivity index (χ4v) is 9.31. The van der Waals surface area contributed by atoms with Gasteiger partial charge in [0, 0.05) is 23.7 Å². The van der Waals surface area contributed by atoms with Crippen molar-refractivity contribution in [2.45, 2.75) is 94.8 Å². The van der Waals surface area contributed by atoms with Gasteiger partial charge in [0.25, 0.3) is 10.0 Å². The van der Waals surface area contributed by atoms with Crippen LogP contribution in [-0.4, -0.2) is 45.0 Å². The topological polar surface area (TPSA) is 113 Å². The fraction of sp³-hybridized carbons (Fsp3) is 0.640. The molecule has 2 amide bonds. The Hall–Kier alpha value is -1.91. The third kappa shape index (κ3) is 5.15. The second-order valence-electron chi connectivity index (χ2n) is 10.3. The highest BCUT2D eigenvalue weighted by molar-refractivity contribution is 7.93. The van der Waals surface area contributed by atoms with E-state index in [4.69, 9.17) is 0 Å². The monoisotopic (exact) mass is 521 g/mol. The Balaban J connectivity index is 1.26. The third-order valence-electron chi connectivity index (χ3n) is 7.97. The molecule has 0 spiro atoms. The van der Waals surface area contributed by atoms with Crippen LogP contribution in [0.2, 0.25) is 0 Å². The maximum absolute atomic E-state index is 13.2. The van der Waals surface area contributed by atoms with Crippen molar-refractivity contribution in [3.63, 3.8) is 0 Å². The molecule has 1 saturated carbocycles. The zero-order valence-corrected chi connectivity index (χ0v) is 21.7. The smallest absolute Gasteiger partial charge is 0.307 e. The number of urea groups is 1. The molecule has 1 aromatic rings. The Morgan fingerprint density at radius 1 is 0.857 bits per heavy atom. The van der Waals surface area contributed by atoms with Crippen LogP contribution >= 0.6 is 0 Å². The van der Waals surface area contributed by atoms with Crippen LogP contribution in [-0.2, 0) is 45.7 Å². The van der Waals surface area contributed by atoms with E-state index in [-0.39, 0.29) is 5.25 Å². The summed E-state index contributed by atoms with van der Waals surface area (Å²) in [5, 5.41) is 3.41. The highest BCUT2D eigenvalue weighted by Crippen LogP contribution is 2.38. The van der Waals surface area contributed by atoms with E-state index in [0.29, 0.717) is 32.2 Å². The molecule has 2 fully saturated rings. The average molecular weight is 522 g/mol. The Morgan fingerprint density at radius 2 is 1.51 bits per heavy atom. The first-order valence-electron chi connectivity index (χ1n) is 12.9. The zero-order valence-electron chi connectivity index (χ0n) is 20.1. The molecule has 3 aliphatic carbocycles. The predicted molar refractivity (Wildman–Crippen MR) is 136 cm³/mol. The van der Waals surface area contributed by atoms with Crippen LogP contribution in [0.1, 0.15) is 80.0 Å². The van der Waals surface area contributed by atoms with Gasteiger partial charge in [-0.3, -0.25) is 0 Å². The molecule has 5 rings (SSSR count). The van der Waals surface area contributed by atoms with Crippen molar-refractivity contribution in [3.8, 4) is 0 Å². The first kappa shape index (κ1) is 24.8. The molecular formula is C25H35N3O5S2. The number of nitrogens with one attached hydrogen (secondary N) is 2. The maximum atomic E-state index is 13.2. The van der Waals surface area contributed by atoms with Crippen LogP contribution < -0.4 is 10.0 Å². The van der Waals surface area contributed by atoms with Gasteiger partial charge in [-0.2, -0.15) is 4.31 Å². The number of benzene rings is 1. The molecule has 10 heteroatoms. The minimum absolute atomic E-state index is 0.375. The second-order valence-corrected chi connectivity index (χ2v) is 14.0. The predicted octanol–water partition coefficient (Wildman–Crippen LogP) is 3.76. The van der Waals surface area contributed by atoms with E-state index in [1.165, 1.54) is 21.5 Å². The van der Waals surface area contributed by atoms with Gasteiger partial charge in [-0.05, 0) is 86.5 Å². The molecule has 0 bridgehead atoms. The number of hydrogen-bond acceptors (Lipinski definition) is 5. The highest BCUT2D eigenvalue weighted by atomic mass is 32.2. The minimum Gasteiger partial charge on any atom is -0.307 e. The quantitative estimate of drug-likeness (QED) is 0.592. The summed E-state index contributed by atoms with van der Waals surface area (Å²) in [4.78, 5) is 12.7. The Morgan fingerprint density at radius 3 is 2.17 bits per heavy atom. The first-order chi connectivity index (χ1) is 16.7. The van der Waals surface area contributed by atoms with Crippen molar-refractivity contribution in [1.29, 1.82) is 0 Å². The summed E-state index contributed by atoms with van der Waals surface area (Å²) in [7, 11) is -7.54. The van der Waals surface area contributed by atoms with Crippen LogP contribution in [0, 0.1) is 0 Å². The summed E-state index contributed by atoms with van der Waals surface area (Å²) < 4.78 is 55.2. The lowest BCUT2D eigenvalue weighted by Gasteiger charge is -2.29. The SMILES string of the molecule is O=C(Nc1c2c(cc3c1CCC3)CCC2)NS(=O)(=O)/C=C/C1CCCN1S(=O)(=O)C1CCCCC1. The Bertz CT molecular complexity index is 1200. The molecule has 1 heterocycles. The van der Waals surface area contributed by atoms with Gasteiger partial charge >= 0.3 is 6.03 Å². The number of rotatable bonds is 6. The number of anilines is 1. The molecule has 0 aromatic heterocycles. The van der Waals surface area contributed by atoms with Crippen LogP contribution in [0.5, 0.6) is 0 Å². The number of carbonyl (C=O) groups is 1. The van der Waals surface area contributed by atoms with Gasteiger partial charge in [-0.15, -0.1) is 0 Å². The molecule has 1 aliphatic heterocycles. The molecular weight excluding hydrogens is 486 g/mol. The molecule has 2 N–H and O–H groups in total. The van der Waals surface area contributed by atoms with E-state index in [1.54, 1.807) is 0 Å². The van der Waals surface area contributed by atoms with Gasteiger partial charge in [0.1, 0.15) is 0 Å². The molecule has 1 aromatic carbocycles. The van der Waals surface area contributed by atoms with Gasteiger partial charge < -0.3 is 5.32 Å². The van der Waals surface area contributed by atoms with Gasteiger partial charge in [-0.25, -0.2) is 26.4 Å². The minimum atomic E-state index is -4.07. The van der Waals surface area contributed by atoms with Crippen molar-refractivity contribution in [2.75, 3.05) is 11.9 Å². The van der Waals surface area contributed by atoms with Gasteiger partial charge in [-0.1, -0.05) is 31.4 Å². The molecule has 1 unspecified atom stereocenters. The average Bonchev–Trinajstić information content (AvgIpc) is 3.58. The van der Waals surface area contributed by atoms with E-state index in [1.807, 2.05) is 0 Å². The number of fused-ring (bicyclic) bond motifs is 2. The molecule has 0 radical (unpaired) electrons. The molecule has 1 saturated heterocycles. The van der Waals surface area contributed by atoms with Crippen LogP contribution in [0.15, 0.2) is 17.6 Å². The molecule has 8 nitrogen and oxygen atoms in total. The third-order valence-corrected chi connectivity index (χ3v) is 11.4. The summed E-state index contributed by atoms with van der Waals surface area (Å²) in [5.74, 6) is 0. The lowest BCUT2D eigenvalue weighted by atomic mass is 9.99. The highest BCUT2D eigenvalue weighted by Gasteiger charge is 2.38. The van der Waals surface area contributed by atoms with Crippen molar-refractivity contribution >= 4 is 31.8 Å². The normalized spacial score (nSPS) is 23.5. The largest absolute Gasteiger partial charge is 0.333 e. The number of amides is 2. The van der Waals surface area contributed by atoms with E-state index in [0.717, 1.165) is 80.0 Å². The van der Waals surface area contributed by atoms with E-state index >= 15 is 0 Å². The molecule has 192 valence electrons. The first-order valence-corrected chi connectivity index (χ1v) is 16.0. The van der Waals surface area contributed by atoms with Gasteiger partial charge in [0.2, 0.25) is 10.0 Å². The van der Waals surface area contributed by atoms with E-state index in [2.05, 4.69) is 16.1 Å². The Labute approximate surface area is 208 Å². The summed E-state index contributed by atoms with van der Waals surface area (Å²) >= 11 is 0. The zero-order chi connectivity index (χ0) is 24.6. The van der Waals surface area contributed by atoms with Crippen molar-refractivity contribution < 1.29 is 21.6 Å². The summed E-state index contributed by atoms with van der Waals surface area (Å²) in [6.45, 7) is 0.409. The fourth-order valence-electron chi connectivity index (χ4n) is 6.29. The number of aryl methyl sites for hydroxylation is 2. The van der Waals surface area contributed by atoms with Crippen molar-refractivity contribution in [2.24, 2.45) is 0 Å². The molecule has 1 atom stereocenters. The van der Waals surface area contributed by atoms with Crippen molar-refractivity contribution in [3.05, 3.63) is 39.8 Å². The van der Waals surface area contributed by atoms with Gasteiger partial charge in [0.05, 0.1) is 5.25 Å². The summed E-state index contributed by atoms with van der Waals surface area (Å²) in [6, 6.07) is 0.978. The summed E-state index contributed by atoms with van der Waals surface area (Å²) in [6.07, 6.45) is 12.7. The number of sulfonamides is 2. The van der Waals surface area contributed by atoms with Gasteiger partial charge in [0.15, 0.2) is 0 Å². The number of nitrogens with zero attached hydrogens (tertiary/aromatic N) is 1. The van der Waals surface area contributed by atoms with Crippen LogP contribution in [0.4, 0.5) is 10.5 Å². The number of carbonyl (C=O) groups excluding carboxylic acids is 1. The van der Waals surface area contributed by atoms with E-state index < -0.39 is 32.1 Å². The van der Waals surface area contributed by atoms with Crippen molar-refractivity contribution in [1.82, 2.24) is 9.03 Å². The maximum Gasteiger partial charge on any atom is 0.333 e. The Kier molecular flexibility index (Phi) is 6.98. The summed E-state index contributed by atoms with van der Waals surface area (Å²) in [5.41, 5.74) is 5.55. The van der Waals surface area contributed by atoms with Crippen LogP contribution in [0.3, 0.4) is 0 Å².